The topological polar surface area (TPSA) is 58.2 Å². The molecule has 0 bridgehead atoms. The quantitative estimate of drug-likeness (QED) is 0.773. The number of rotatable bonds is 8. The number of sulfonamides is 1. The fourth-order valence-corrected chi connectivity index (χ4v) is 3.17. The standard InChI is InChI=1S/C16H28N2O2S/c1-12(2)10-15(11-13(3)4)18-14-6-8-16(9-7-14)21(19,20)17-5/h6-9,12-13,15,17-18H,10-11H2,1-5H3. The van der Waals surface area contributed by atoms with Gasteiger partial charge in [-0.2, -0.15) is 0 Å². The molecule has 1 rings (SSSR count). The van der Waals surface area contributed by atoms with Gasteiger partial charge in [0.15, 0.2) is 0 Å². The second-order valence-corrected chi connectivity index (χ2v) is 8.22. The lowest BCUT2D eigenvalue weighted by molar-refractivity contribution is 0.442. The lowest BCUT2D eigenvalue weighted by atomic mass is 9.95. The van der Waals surface area contributed by atoms with Gasteiger partial charge in [-0.25, -0.2) is 13.1 Å². The zero-order valence-electron chi connectivity index (χ0n) is 13.7. The molecule has 1 aromatic carbocycles. The molecule has 0 unspecified atom stereocenters. The predicted octanol–water partition coefficient (Wildman–Crippen LogP) is 3.47. The molecule has 5 heteroatoms. The summed E-state index contributed by atoms with van der Waals surface area (Å²) in [5.41, 5.74) is 0.969. The SMILES string of the molecule is CNS(=O)(=O)c1ccc(NC(CC(C)C)CC(C)C)cc1. The Labute approximate surface area is 129 Å². The zero-order valence-corrected chi connectivity index (χ0v) is 14.5. The van der Waals surface area contributed by atoms with E-state index in [-0.39, 0.29) is 0 Å². The molecule has 0 aliphatic carbocycles. The molecule has 0 spiro atoms. The molecule has 4 nitrogen and oxygen atoms in total. The molecule has 120 valence electrons. The van der Waals surface area contributed by atoms with E-state index >= 15 is 0 Å². The number of hydrogen-bond donors (Lipinski definition) is 2. The van der Waals surface area contributed by atoms with Crippen LogP contribution in [0, 0.1) is 11.8 Å². The summed E-state index contributed by atoms with van der Waals surface area (Å²) in [5.74, 6) is 1.26. The molecular weight excluding hydrogens is 284 g/mol. The lowest BCUT2D eigenvalue weighted by Crippen LogP contribution is -2.23. The molecule has 0 amide bonds. The smallest absolute Gasteiger partial charge is 0.240 e. The van der Waals surface area contributed by atoms with Crippen LogP contribution >= 0.6 is 0 Å². The highest BCUT2D eigenvalue weighted by Crippen LogP contribution is 2.20. The van der Waals surface area contributed by atoms with Gasteiger partial charge in [0.25, 0.3) is 0 Å². The van der Waals surface area contributed by atoms with Gasteiger partial charge in [-0.1, -0.05) is 27.7 Å². The Kier molecular flexibility index (Phi) is 6.68. The van der Waals surface area contributed by atoms with Crippen molar-refractivity contribution in [3.8, 4) is 0 Å². The largest absolute Gasteiger partial charge is 0.382 e. The van der Waals surface area contributed by atoms with Crippen LogP contribution in [-0.4, -0.2) is 21.5 Å². The van der Waals surface area contributed by atoms with E-state index in [1.54, 1.807) is 12.1 Å². The Balaban J connectivity index is 2.80. The van der Waals surface area contributed by atoms with Crippen LogP contribution in [0.1, 0.15) is 40.5 Å². The van der Waals surface area contributed by atoms with E-state index in [9.17, 15) is 8.42 Å². The Morgan fingerprint density at radius 2 is 1.43 bits per heavy atom. The van der Waals surface area contributed by atoms with Gasteiger partial charge in [0, 0.05) is 11.7 Å². The van der Waals surface area contributed by atoms with Crippen LogP contribution in [0.3, 0.4) is 0 Å². The van der Waals surface area contributed by atoms with E-state index in [0.717, 1.165) is 18.5 Å². The first-order valence-corrected chi connectivity index (χ1v) is 9.03. The Bertz CT molecular complexity index is 512. The average molecular weight is 312 g/mol. The molecular formula is C16H28N2O2S. The van der Waals surface area contributed by atoms with Gasteiger partial charge >= 0.3 is 0 Å². The average Bonchev–Trinajstić information content (AvgIpc) is 2.37. The van der Waals surface area contributed by atoms with Gasteiger partial charge in [0.2, 0.25) is 10.0 Å². The Morgan fingerprint density at radius 1 is 0.952 bits per heavy atom. The van der Waals surface area contributed by atoms with Crippen LogP contribution in [0.5, 0.6) is 0 Å². The van der Waals surface area contributed by atoms with Gasteiger partial charge in [-0.15, -0.1) is 0 Å². The summed E-state index contributed by atoms with van der Waals surface area (Å²) in [6.07, 6.45) is 2.21. The van der Waals surface area contributed by atoms with Crippen molar-refractivity contribution >= 4 is 15.7 Å². The molecule has 0 aliphatic rings. The van der Waals surface area contributed by atoms with E-state index in [2.05, 4.69) is 37.7 Å². The van der Waals surface area contributed by atoms with E-state index in [1.165, 1.54) is 7.05 Å². The van der Waals surface area contributed by atoms with Gasteiger partial charge in [0.05, 0.1) is 4.90 Å². The summed E-state index contributed by atoms with van der Waals surface area (Å²) in [5, 5.41) is 3.52. The molecule has 0 saturated carbocycles. The maximum Gasteiger partial charge on any atom is 0.240 e. The van der Waals surface area contributed by atoms with Gasteiger partial charge in [-0.3, -0.25) is 0 Å². The van der Waals surface area contributed by atoms with Crippen molar-refractivity contribution in [1.29, 1.82) is 0 Å². The summed E-state index contributed by atoms with van der Waals surface area (Å²) in [4.78, 5) is 0.291. The third-order valence-corrected chi connectivity index (χ3v) is 4.75. The van der Waals surface area contributed by atoms with Crippen molar-refractivity contribution < 1.29 is 8.42 Å². The van der Waals surface area contributed by atoms with Crippen LogP contribution in [0.4, 0.5) is 5.69 Å². The van der Waals surface area contributed by atoms with Crippen molar-refractivity contribution in [1.82, 2.24) is 4.72 Å². The Hall–Kier alpha value is -1.07. The minimum absolute atomic E-state index is 0.291. The minimum Gasteiger partial charge on any atom is -0.382 e. The first kappa shape index (κ1) is 18.0. The molecule has 0 heterocycles. The molecule has 0 fully saturated rings. The van der Waals surface area contributed by atoms with Crippen molar-refractivity contribution in [3.63, 3.8) is 0 Å². The second-order valence-electron chi connectivity index (χ2n) is 6.33. The van der Waals surface area contributed by atoms with Crippen LogP contribution in [0.2, 0.25) is 0 Å². The van der Waals surface area contributed by atoms with Crippen LogP contribution < -0.4 is 10.0 Å². The van der Waals surface area contributed by atoms with Gasteiger partial charge in [0.1, 0.15) is 0 Å². The number of anilines is 1. The molecule has 0 radical (unpaired) electrons. The number of hydrogen-bond acceptors (Lipinski definition) is 3. The predicted molar refractivity (Wildman–Crippen MR) is 89.0 cm³/mol. The summed E-state index contributed by atoms with van der Waals surface area (Å²) in [7, 11) is -1.94. The van der Waals surface area contributed by atoms with Crippen molar-refractivity contribution in [2.75, 3.05) is 12.4 Å². The fourth-order valence-electron chi connectivity index (χ4n) is 2.44. The van der Waals surface area contributed by atoms with Crippen LogP contribution in [0.15, 0.2) is 29.2 Å². The normalized spacial score (nSPS) is 12.4. The highest BCUT2D eigenvalue weighted by Gasteiger charge is 2.14. The highest BCUT2D eigenvalue weighted by molar-refractivity contribution is 7.89. The van der Waals surface area contributed by atoms with Crippen molar-refractivity contribution in [3.05, 3.63) is 24.3 Å². The number of nitrogens with one attached hydrogen (secondary N) is 2. The van der Waals surface area contributed by atoms with E-state index in [4.69, 9.17) is 0 Å². The molecule has 2 N–H and O–H groups in total. The van der Waals surface area contributed by atoms with Crippen molar-refractivity contribution in [2.24, 2.45) is 11.8 Å². The summed E-state index contributed by atoms with van der Waals surface area (Å²) in [6, 6.07) is 7.35. The first-order chi connectivity index (χ1) is 9.74. The minimum atomic E-state index is -3.36. The molecule has 1 aromatic rings. The van der Waals surface area contributed by atoms with E-state index in [1.807, 2.05) is 12.1 Å². The molecule has 0 atom stereocenters. The van der Waals surface area contributed by atoms with E-state index < -0.39 is 10.0 Å². The number of benzene rings is 1. The molecule has 0 saturated heterocycles. The molecule has 21 heavy (non-hydrogen) atoms. The third kappa shape index (κ3) is 6.06. The van der Waals surface area contributed by atoms with Crippen molar-refractivity contribution in [2.45, 2.75) is 51.5 Å². The highest BCUT2D eigenvalue weighted by atomic mass is 32.2. The monoisotopic (exact) mass is 312 g/mol. The summed E-state index contributed by atoms with van der Waals surface area (Å²) >= 11 is 0. The molecule has 0 aliphatic heterocycles. The maximum atomic E-state index is 11.7. The first-order valence-electron chi connectivity index (χ1n) is 7.54. The molecule has 0 aromatic heterocycles. The van der Waals surface area contributed by atoms with Crippen LogP contribution in [-0.2, 0) is 10.0 Å². The van der Waals surface area contributed by atoms with Gasteiger partial charge in [-0.05, 0) is 56.0 Å². The zero-order chi connectivity index (χ0) is 16.0. The Morgan fingerprint density at radius 3 is 1.81 bits per heavy atom. The van der Waals surface area contributed by atoms with Crippen LogP contribution in [0.25, 0.3) is 0 Å². The maximum absolute atomic E-state index is 11.7. The lowest BCUT2D eigenvalue weighted by Gasteiger charge is -2.23. The third-order valence-electron chi connectivity index (χ3n) is 3.32. The van der Waals surface area contributed by atoms with Gasteiger partial charge < -0.3 is 5.32 Å². The summed E-state index contributed by atoms with van der Waals surface area (Å²) in [6.45, 7) is 8.88. The summed E-state index contributed by atoms with van der Waals surface area (Å²) < 4.78 is 25.7. The second kappa shape index (κ2) is 7.80. The fraction of sp³-hybridized carbons (Fsp3) is 0.625. The van der Waals surface area contributed by atoms with E-state index in [0.29, 0.717) is 22.8 Å².